The Morgan fingerprint density at radius 3 is 3.05 bits per heavy atom. The van der Waals surface area contributed by atoms with E-state index in [1.807, 2.05) is 6.92 Å². The summed E-state index contributed by atoms with van der Waals surface area (Å²) in [5.74, 6) is 0.819. The Morgan fingerprint density at radius 1 is 1.47 bits per heavy atom. The molecule has 1 unspecified atom stereocenters. The van der Waals surface area contributed by atoms with Gasteiger partial charge in [0.1, 0.15) is 17.3 Å². The van der Waals surface area contributed by atoms with Crippen LogP contribution in [0.5, 0.6) is 0 Å². The van der Waals surface area contributed by atoms with Crippen LogP contribution in [0, 0.1) is 0 Å². The van der Waals surface area contributed by atoms with Gasteiger partial charge >= 0.3 is 0 Å². The summed E-state index contributed by atoms with van der Waals surface area (Å²) in [5, 5.41) is 3.86. The molecule has 2 heterocycles. The molecule has 1 N–H and O–H groups in total. The minimum absolute atomic E-state index is 0.201. The number of halogens is 1. The van der Waals surface area contributed by atoms with Crippen molar-refractivity contribution in [3.8, 4) is 0 Å². The molecule has 0 saturated carbocycles. The van der Waals surface area contributed by atoms with Crippen molar-refractivity contribution < 1.29 is 4.74 Å². The van der Waals surface area contributed by atoms with Gasteiger partial charge in [0.05, 0.1) is 12.7 Å². The molecular weight excluding hydrogens is 264 g/mol. The van der Waals surface area contributed by atoms with E-state index in [9.17, 15) is 0 Å². The van der Waals surface area contributed by atoms with Gasteiger partial charge < -0.3 is 10.1 Å². The van der Waals surface area contributed by atoms with Crippen LogP contribution >= 0.6 is 11.6 Å². The molecule has 1 saturated heterocycles. The van der Waals surface area contributed by atoms with E-state index in [4.69, 9.17) is 16.3 Å². The van der Waals surface area contributed by atoms with Crippen LogP contribution in [0.25, 0.3) is 0 Å². The van der Waals surface area contributed by atoms with Crippen molar-refractivity contribution in [2.24, 2.45) is 0 Å². The fraction of sp³-hybridized carbons (Fsp3) is 0.692. The van der Waals surface area contributed by atoms with Gasteiger partial charge in [0.2, 0.25) is 0 Å². The molecule has 1 atom stereocenters. The van der Waals surface area contributed by atoms with Crippen LogP contribution in [-0.2, 0) is 11.2 Å². The van der Waals surface area contributed by atoms with Crippen molar-refractivity contribution in [2.45, 2.75) is 26.4 Å². The van der Waals surface area contributed by atoms with Gasteiger partial charge in [0, 0.05) is 25.2 Å². The van der Waals surface area contributed by atoms with Crippen molar-refractivity contribution in [2.75, 3.05) is 38.1 Å². The number of anilines is 1. The highest BCUT2D eigenvalue weighted by Gasteiger charge is 2.19. The fourth-order valence-electron chi connectivity index (χ4n) is 2.26. The molecule has 0 bridgehead atoms. The third-order valence-electron chi connectivity index (χ3n) is 3.41. The second-order valence-electron chi connectivity index (χ2n) is 4.61. The average Bonchev–Trinajstić information content (AvgIpc) is 2.45. The van der Waals surface area contributed by atoms with E-state index < -0.39 is 0 Å². The van der Waals surface area contributed by atoms with Crippen molar-refractivity contribution >= 4 is 17.4 Å². The number of ether oxygens (including phenoxy) is 1. The smallest absolute Gasteiger partial charge is 0.137 e. The number of likely N-dealkylation sites (N-methyl/N-ethyl adjacent to an activating group) is 1. The fourth-order valence-corrected chi connectivity index (χ4v) is 2.52. The third-order valence-corrected chi connectivity index (χ3v) is 3.74. The predicted molar refractivity (Wildman–Crippen MR) is 76.8 cm³/mol. The van der Waals surface area contributed by atoms with Crippen molar-refractivity contribution in [1.82, 2.24) is 14.9 Å². The Balaban J connectivity index is 1.93. The summed E-state index contributed by atoms with van der Waals surface area (Å²) in [5.41, 5.74) is 0.965. The first-order valence-electron chi connectivity index (χ1n) is 6.81. The minimum Gasteiger partial charge on any atom is -0.374 e. The molecule has 1 aromatic heterocycles. The first-order valence-corrected chi connectivity index (χ1v) is 7.19. The van der Waals surface area contributed by atoms with Crippen molar-refractivity contribution in [3.05, 3.63) is 17.0 Å². The lowest BCUT2D eigenvalue weighted by Crippen LogP contribution is -2.45. The molecule has 0 radical (unpaired) electrons. The number of nitrogens with one attached hydrogen (secondary N) is 1. The lowest BCUT2D eigenvalue weighted by atomic mass is 10.2. The largest absolute Gasteiger partial charge is 0.374 e. The Kier molecular flexibility index (Phi) is 5.36. The van der Waals surface area contributed by atoms with E-state index in [2.05, 4.69) is 27.1 Å². The van der Waals surface area contributed by atoms with E-state index in [0.717, 1.165) is 50.6 Å². The van der Waals surface area contributed by atoms with E-state index in [-0.39, 0.29) is 6.10 Å². The Bertz CT molecular complexity index is 416. The number of rotatable bonds is 5. The number of aromatic nitrogens is 2. The summed E-state index contributed by atoms with van der Waals surface area (Å²) in [6.07, 6.45) is 2.51. The number of nitrogens with zero attached hydrogens (tertiary/aromatic N) is 3. The normalized spacial score (nSPS) is 20.5. The van der Waals surface area contributed by atoms with Gasteiger partial charge in [0.15, 0.2) is 0 Å². The molecule has 0 aromatic carbocycles. The van der Waals surface area contributed by atoms with Crippen molar-refractivity contribution in [1.29, 1.82) is 0 Å². The van der Waals surface area contributed by atoms with Crippen LogP contribution in [0.4, 0.5) is 5.82 Å². The summed E-state index contributed by atoms with van der Waals surface area (Å²) in [7, 11) is 0. The monoisotopic (exact) mass is 284 g/mol. The molecule has 6 heteroatoms. The number of hydrogen-bond donors (Lipinski definition) is 1. The topological polar surface area (TPSA) is 50.3 Å². The molecule has 5 nitrogen and oxygen atoms in total. The van der Waals surface area contributed by atoms with Crippen LogP contribution in [0.1, 0.15) is 19.4 Å². The zero-order chi connectivity index (χ0) is 13.7. The highest BCUT2D eigenvalue weighted by atomic mass is 35.5. The predicted octanol–water partition coefficient (Wildman–Crippen LogP) is 1.82. The molecule has 0 spiro atoms. The SMILES string of the molecule is CCc1c(Cl)ncnc1NCC1CN(CC)CCO1. The van der Waals surface area contributed by atoms with Gasteiger partial charge in [0.25, 0.3) is 0 Å². The van der Waals surface area contributed by atoms with Crippen LogP contribution in [0.15, 0.2) is 6.33 Å². The van der Waals surface area contributed by atoms with E-state index in [1.54, 1.807) is 0 Å². The minimum atomic E-state index is 0.201. The zero-order valence-corrected chi connectivity index (χ0v) is 12.3. The van der Waals surface area contributed by atoms with Gasteiger partial charge in [-0.15, -0.1) is 0 Å². The first-order chi connectivity index (χ1) is 9.24. The Morgan fingerprint density at radius 2 is 2.32 bits per heavy atom. The highest BCUT2D eigenvalue weighted by Crippen LogP contribution is 2.20. The molecule has 1 fully saturated rings. The summed E-state index contributed by atoms with van der Waals surface area (Å²) < 4.78 is 5.75. The van der Waals surface area contributed by atoms with Gasteiger partial charge in [-0.05, 0) is 13.0 Å². The molecule has 1 aromatic rings. The van der Waals surface area contributed by atoms with Crippen LogP contribution in [0.2, 0.25) is 5.15 Å². The average molecular weight is 285 g/mol. The van der Waals surface area contributed by atoms with Crippen LogP contribution < -0.4 is 5.32 Å². The lowest BCUT2D eigenvalue weighted by Gasteiger charge is -2.32. The van der Waals surface area contributed by atoms with Crippen LogP contribution in [0.3, 0.4) is 0 Å². The quantitative estimate of drug-likeness (QED) is 0.836. The van der Waals surface area contributed by atoms with Gasteiger partial charge in [-0.3, -0.25) is 4.90 Å². The number of hydrogen-bond acceptors (Lipinski definition) is 5. The van der Waals surface area contributed by atoms with Gasteiger partial charge in [-0.25, -0.2) is 9.97 Å². The van der Waals surface area contributed by atoms with Crippen LogP contribution in [-0.4, -0.2) is 53.8 Å². The highest BCUT2D eigenvalue weighted by molar-refractivity contribution is 6.30. The molecule has 2 rings (SSSR count). The Hall–Kier alpha value is -0.910. The first kappa shape index (κ1) is 14.5. The molecular formula is C13H21ClN4O. The second kappa shape index (κ2) is 7.03. The van der Waals surface area contributed by atoms with E-state index in [1.165, 1.54) is 6.33 Å². The third kappa shape index (κ3) is 3.78. The number of morpholine rings is 1. The maximum Gasteiger partial charge on any atom is 0.137 e. The maximum absolute atomic E-state index is 6.07. The Labute approximate surface area is 119 Å². The lowest BCUT2D eigenvalue weighted by molar-refractivity contribution is -0.0192. The molecule has 0 amide bonds. The summed E-state index contributed by atoms with van der Waals surface area (Å²) in [6, 6.07) is 0. The molecule has 1 aliphatic heterocycles. The molecule has 0 aliphatic carbocycles. The second-order valence-corrected chi connectivity index (χ2v) is 4.97. The molecule has 106 valence electrons. The van der Waals surface area contributed by atoms with E-state index >= 15 is 0 Å². The van der Waals surface area contributed by atoms with E-state index in [0.29, 0.717) is 5.15 Å². The van der Waals surface area contributed by atoms with Gasteiger partial charge in [-0.1, -0.05) is 25.4 Å². The zero-order valence-electron chi connectivity index (χ0n) is 11.5. The molecule has 19 heavy (non-hydrogen) atoms. The van der Waals surface area contributed by atoms with Gasteiger partial charge in [-0.2, -0.15) is 0 Å². The summed E-state index contributed by atoms with van der Waals surface area (Å²) in [4.78, 5) is 10.7. The summed E-state index contributed by atoms with van der Waals surface area (Å²) in [6.45, 7) is 8.82. The standard InChI is InChI=1S/C13H21ClN4O/c1-3-11-12(14)16-9-17-13(11)15-7-10-8-18(4-2)5-6-19-10/h9-10H,3-8H2,1-2H3,(H,15,16,17). The van der Waals surface area contributed by atoms with Crippen molar-refractivity contribution in [3.63, 3.8) is 0 Å². The maximum atomic E-state index is 6.07. The summed E-state index contributed by atoms with van der Waals surface area (Å²) >= 11 is 6.07. The molecule has 1 aliphatic rings.